The number of benzene rings is 2. The van der Waals surface area contributed by atoms with Gasteiger partial charge in [-0.2, -0.15) is 0 Å². The quantitative estimate of drug-likeness (QED) is 0.666. The maximum Gasteiger partial charge on any atom is 0.273 e. The second-order valence-corrected chi connectivity index (χ2v) is 5.78. The molecule has 2 aromatic rings. The summed E-state index contributed by atoms with van der Waals surface area (Å²) in [5.41, 5.74) is 3.76. The second-order valence-electron chi connectivity index (χ2n) is 5.78. The summed E-state index contributed by atoms with van der Waals surface area (Å²) < 4.78 is 5.53. The van der Waals surface area contributed by atoms with Crippen LogP contribution in [0.5, 0.6) is 5.75 Å². The third-order valence-electron chi connectivity index (χ3n) is 3.64. The van der Waals surface area contributed by atoms with Crippen LogP contribution >= 0.6 is 0 Å². The molecule has 0 saturated carbocycles. The first kappa shape index (κ1) is 17.5. The van der Waals surface area contributed by atoms with Crippen LogP contribution in [0.25, 0.3) is 0 Å². The Morgan fingerprint density at radius 2 is 1.79 bits per heavy atom. The molecule has 0 bridgehead atoms. The van der Waals surface area contributed by atoms with Gasteiger partial charge in [-0.1, -0.05) is 23.8 Å². The van der Waals surface area contributed by atoms with Crippen molar-refractivity contribution in [1.82, 2.24) is 0 Å². The van der Waals surface area contributed by atoms with Crippen LogP contribution in [0.1, 0.15) is 23.6 Å². The van der Waals surface area contributed by atoms with Gasteiger partial charge in [-0.3, -0.25) is 14.9 Å². The number of non-ortho nitro benzene ring substituents is 1. The third kappa shape index (κ3) is 4.10. The molecular formula is C18H20N2O4. The van der Waals surface area contributed by atoms with Gasteiger partial charge in [0.15, 0.2) is 6.10 Å². The zero-order chi connectivity index (χ0) is 17.9. The minimum absolute atomic E-state index is 0.0784. The van der Waals surface area contributed by atoms with E-state index in [1.54, 1.807) is 13.0 Å². The highest BCUT2D eigenvalue weighted by atomic mass is 16.6. The van der Waals surface area contributed by atoms with Crippen molar-refractivity contribution in [2.24, 2.45) is 0 Å². The summed E-state index contributed by atoms with van der Waals surface area (Å²) >= 11 is 0. The Bertz CT molecular complexity index is 763. The van der Waals surface area contributed by atoms with E-state index in [9.17, 15) is 14.9 Å². The minimum Gasteiger partial charge on any atom is -0.481 e. The SMILES string of the molecule is Cc1cc(C)c(NC(=O)[C@@H](C)Oc2cccc([N+](=O)[O-])c2)c(C)c1. The summed E-state index contributed by atoms with van der Waals surface area (Å²) in [5, 5.41) is 13.7. The van der Waals surface area contributed by atoms with Crippen molar-refractivity contribution in [3.05, 3.63) is 63.2 Å². The number of ether oxygens (including phenoxy) is 1. The highest BCUT2D eigenvalue weighted by Gasteiger charge is 2.18. The molecule has 1 atom stereocenters. The first-order valence-corrected chi connectivity index (χ1v) is 7.57. The third-order valence-corrected chi connectivity index (χ3v) is 3.64. The predicted octanol–water partition coefficient (Wildman–Crippen LogP) is 3.93. The van der Waals surface area contributed by atoms with E-state index in [2.05, 4.69) is 5.32 Å². The lowest BCUT2D eigenvalue weighted by Gasteiger charge is -2.17. The second kappa shape index (κ2) is 7.12. The molecule has 0 unspecified atom stereocenters. The van der Waals surface area contributed by atoms with E-state index < -0.39 is 11.0 Å². The Kier molecular flexibility index (Phi) is 5.18. The number of anilines is 1. The van der Waals surface area contributed by atoms with Gasteiger partial charge in [-0.05, 0) is 44.9 Å². The Hall–Kier alpha value is -2.89. The summed E-state index contributed by atoms with van der Waals surface area (Å²) in [6.07, 6.45) is -0.785. The van der Waals surface area contributed by atoms with Gasteiger partial charge in [0.2, 0.25) is 0 Å². The maximum absolute atomic E-state index is 12.4. The number of rotatable bonds is 5. The Labute approximate surface area is 140 Å². The fourth-order valence-corrected chi connectivity index (χ4v) is 2.53. The number of carbonyl (C=O) groups is 1. The smallest absolute Gasteiger partial charge is 0.273 e. The molecule has 0 aliphatic heterocycles. The highest BCUT2D eigenvalue weighted by molar-refractivity contribution is 5.95. The zero-order valence-electron chi connectivity index (χ0n) is 14.1. The van der Waals surface area contributed by atoms with Crippen molar-refractivity contribution < 1.29 is 14.5 Å². The van der Waals surface area contributed by atoms with Crippen molar-refractivity contribution in [3.63, 3.8) is 0 Å². The van der Waals surface area contributed by atoms with Gasteiger partial charge >= 0.3 is 0 Å². The van der Waals surface area contributed by atoms with Crippen molar-refractivity contribution >= 4 is 17.3 Å². The predicted molar refractivity (Wildman–Crippen MR) is 92.5 cm³/mol. The molecule has 1 N–H and O–H groups in total. The number of carbonyl (C=O) groups excluding carboxylic acids is 1. The van der Waals surface area contributed by atoms with Gasteiger partial charge in [0.05, 0.1) is 11.0 Å². The molecule has 2 aromatic carbocycles. The van der Waals surface area contributed by atoms with Gasteiger partial charge in [-0.15, -0.1) is 0 Å². The average Bonchev–Trinajstić information content (AvgIpc) is 2.50. The standard InChI is InChI=1S/C18H20N2O4/c1-11-8-12(2)17(13(3)9-11)19-18(21)14(4)24-16-7-5-6-15(10-16)20(22)23/h5-10,14H,1-4H3,(H,19,21)/t14-/m1/s1. The molecule has 126 valence electrons. The van der Waals surface area contributed by atoms with E-state index in [-0.39, 0.29) is 17.3 Å². The molecule has 0 heterocycles. The number of nitro groups is 1. The molecule has 0 spiro atoms. The van der Waals surface area contributed by atoms with Crippen LogP contribution in [-0.4, -0.2) is 16.9 Å². The van der Waals surface area contributed by atoms with E-state index in [0.29, 0.717) is 0 Å². The number of aryl methyl sites for hydroxylation is 3. The van der Waals surface area contributed by atoms with Crippen LogP contribution in [0, 0.1) is 30.9 Å². The number of nitro benzene ring substituents is 1. The Morgan fingerprint density at radius 3 is 2.38 bits per heavy atom. The van der Waals surface area contributed by atoms with E-state index >= 15 is 0 Å². The molecule has 0 saturated heterocycles. The first-order chi connectivity index (χ1) is 11.3. The fraction of sp³-hybridized carbons (Fsp3) is 0.278. The van der Waals surface area contributed by atoms with Gasteiger partial charge in [0.1, 0.15) is 5.75 Å². The van der Waals surface area contributed by atoms with Crippen molar-refractivity contribution in [1.29, 1.82) is 0 Å². The Morgan fingerprint density at radius 1 is 1.17 bits per heavy atom. The van der Waals surface area contributed by atoms with Crippen molar-refractivity contribution in [2.75, 3.05) is 5.32 Å². The van der Waals surface area contributed by atoms with Crippen LogP contribution in [0.3, 0.4) is 0 Å². The molecule has 0 aromatic heterocycles. The van der Waals surface area contributed by atoms with Gasteiger partial charge in [-0.25, -0.2) is 0 Å². The summed E-state index contributed by atoms with van der Waals surface area (Å²) in [4.78, 5) is 22.6. The lowest BCUT2D eigenvalue weighted by atomic mass is 10.0. The molecule has 0 radical (unpaired) electrons. The highest BCUT2D eigenvalue weighted by Crippen LogP contribution is 2.23. The molecule has 6 nitrogen and oxygen atoms in total. The van der Waals surface area contributed by atoms with Gasteiger partial charge in [0, 0.05) is 11.8 Å². The van der Waals surface area contributed by atoms with Crippen LogP contribution < -0.4 is 10.1 Å². The van der Waals surface area contributed by atoms with Gasteiger partial charge < -0.3 is 10.1 Å². The number of hydrogen-bond acceptors (Lipinski definition) is 4. The maximum atomic E-state index is 12.4. The minimum atomic E-state index is -0.785. The molecule has 1 amide bonds. The largest absolute Gasteiger partial charge is 0.481 e. The number of nitrogens with zero attached hydrogens (tertiary/aromatic N) is 1. The van der Waals surface area contributed by atoms with E-state index in [4.69, 9.17) is 4.74 Å². The van der Waals surface area contributed by atoms with E-state index in [1.165, 1.54) is 18.2 Å². The topological polar surface area (TPSA) is 81.5 Å². The number of nitrogens with one attached hydrogen (secondary N) is 1. The first-order valence-electron chi connectivity index (χ1n) is 7.57. The molecule has 0 fully saturated rings. The van der Waals surface area contributed by atoms with Crippen LogP contribution in [-0.2, 0) is 4.79 Å². The van der Waals surface area contributed by atoms with Crippen LogP contribution in [0.2, 0.25) is 0 Å². The van der Waals surface area contributed by atoms with E-state index in [1.807, 2.05) is 32.9 Å². The van der Waals surface area contributed by atoms with Crippen LogP contribution in [0.4, 0.5) is 11.4 Å². The lowest BCUT2D eigenvalue weighted by Crippen LogP contribution is -2.30. The normalized spacial score (nSPS) is 11.7. The number of hydrogen-bond donors (Lipinski definition) is 1. The summed E-state index contributed by atoms with van der Waals surface area (Å²) in [5.74, 6) is -0.0271. The van der Waals surface area contributed by atoms with E-state index in [0.717, 1.165) is 22.4 Å². The summed E-state index contributed by atoms with van der Waals surface area (Å²) in [6.45, 7) is 7.47. The Balaban J connectivity index is 2.10. The molecule has 2 rings (SSSR count). The molecule has 0 aliphatic carbocycles. The molecule has 6 heteroatoms. The average molecular weight is 328 g/mol. The summed E-state index contributed by atoms with van der Waals surface area (Å²) in [6, 6.07) is 9.76. The number of amides is 1. The van der Waals surface area contributed by atoms with Gasteiger partial charge in [0.25, 0.3) is 11.6 Å². The van der Waals surface area contributed by atoms with Crippen LogP contribution in [0.15, 0.2) is 36.4 Å². The fourth-order valence-electron chi connectivity index (χ4n) is 2.53. The summed E-state index contributed by atoms with van der Waals surface area (Å²) in [7, 11) is 0. The lowest BCUT2D eigenvalue weighted by molar-refractivity contribution is -0.384. The zero-order valence-corrected chi connectivity index (χ0v) is 14.1. The van der Waals surface area contributed by atoms with Crippen molar-refractivity contribution in [2.45, 2.75) is 33.8 Å². The molecule has 0 aliphatic rings. The molecular weight excluding hydrogens is 308 g/mol. The molecule has 24 heavy (non-hydrogen) atoms. The monoisotopic (exact) mass is 328 g/mol. The van der Waals surface area contributed by atoms with Crippen molar-refractivity contribution in [3.8, 4) is 5.75 Å².